The van der Waals surface area contributed by atoms with Crippen LogP contribution in [0.1, 0.15) is 35.3 Å². The zero-order valence-electron chi connectivity index (χ0n) is 16.6. The Hall–Kier alpha value is -2.44. The second kappa shape index (κ2) is 9.17. The normalized spacial score (nSPS) is 19.5. The number of amides is 1. The molecular weight excluding hydrogens is 359 g/mol. The van der Waals surface area contributed by atoms with Crippen LogP contribution in [0.4, 0.5) is 4.39 Å². The Morgan fingerprint density at radius 1 is 1.11 bits per heavy atom. The number of rotatable bonds is 6. The molecule has 2 atom stereocenters. The van der Waals surface area contributed by atoms with Gasteiger partial charge in [-0.15, -0.1) is 0 Å². The van der Waals surface area contributed by atoms with E-state index in [1.165, 1.54) is 13.2 Å². The van der Waals surface area contributed by atoms with Crippen molar-refractivity contribution in [2.75, 3.05) is 20.2 Å². The Morgan fingerprint density at radius 3 is 2.32 bits per heavy atom. The predicted octanol–water partition coefficient (Wildman–Crippen LogP) is 3.37. The minimum absolute atomic E-state index is 0.0372. The molecule has 0 saturated carbocycles. The van der Waals surface area contributed by atoms with Crippen molar-refractivity contribution in [3.05, 3.63) is 65.0 Å². The van der Waals surface area contributed by atoms with Gasteiger partial charge in [0.2, 0.25) is 0 Å². The van der Waals surface area contributed by atoms with Crippen LogP contribution < -0.4 is 10.1 Å². The summed E-state index contributed by atoms with van der Waals surface area (Å²) >= 11 is 0. The largest absolute Gasteiger partial charge is 0.494 e. The number of benzene rings is 2. The number of nitrogens with zero attached hydrogens (tertiary/aromatic N) is 1. The van der Waals surface area contributed by atoms with Crippen LogP contribution in [-0.4, -0.2) is 43.2 Å². The number of halogens is 1. The summed E-state index contributed by atoms with van der Waals surface area (Å²) < 4.78 is 24.3. The molecule has 1 N–H and O–H groups in total. The fourth-order valence-electron chi connectivity index (χ4n) is 3.46. The Morgan fingerprint density at radius 2 is 1.71 bits per heavy atom. The standard InChI is InChI=1S/C22H27FN2O3/c1-15-13-25(14-16(2)28-15)22(26)19-7-4-17(5-8-19)11-24-12-18-6-9-21(27-3)20(23)10-18/h4-10,15-16,24H,11-14H2,1-3H3/t15-,16+. The fourth-order valence-corrected chi connectivity index (χ4v) is 3.46. The third kappa shape index (κ3) is 5.09. The second-order valence-electron chi connectivity index (χ2n) is 7.24. The zero-order valence-corrected chi connectivity index (χ0v) is 16.6. The highest BCUT2D eigenvalue weighted by atomic mass is 19.1. The molecule has 5 nitrogen and oxygen atoms in total. The molecule has 1 aliphatic heterocycles. The van der Waals surface area contributed by atoms with Gasteiger partial charge in [0, 0.05) is 31.7 Å². The van der Waals surface area contributed by atoms with E-state index >= 15 is 0 Å². The summed E-state index contributed by atoms with van der Waals surface area (Å²) in [7, 11) is 1.45. The van der Waals surface area contributed by atoms with Crippen molar-refractivity contribution in [1.29, 1.82) is 0 Å². The average molecular weight is 386 g/mol. The Labute approximate surface area is 165 Å². The van der Waals surface area contributed by atoms with E-state index in [0.717, 1.165) is 11.1 Å². The van der Waals surface area contributed by atoms with Gasteiger partial charge in [0.1, 0.15) is 0 Å². The van der Waals surface area contributed by atoms with E-state index in [4.69, 9.17) is 9.47 Å². The Kier molecular flexibility index (Phi) is 6.65. The van der Waals surface area contributed by atoms with Gasteiger partial charge in [-0.25, -0.2) is 4.39 Å². The molecule has 6 heteroatoms. The highest BCUT2D eigenvalue weighted by Gasteiger charge is 2.26. The van der Waals surface area contributed by atoms with Crippen LogP contribution in [0.2, 0.25) is 0 Å². The number of methoxy groups -OCH3 is 1. The van der Waals surface area contributed by atoms with Crippen LogP contribution in [0.25, 0.3) is 0 Å². The number of carbonyl (C=O) groups is 1. The maximum absolute atomic E-state index is 13.7. The van der Waals surface area contributed by atoms with Crippen LogP contribution >= 0.6 is 0 Å². The van der Waals surface area contributed by atoms with Gasteiger partial charge in [0.15, 0.2) is 11.6 Å². The van der Waals surface area contributed by atoms with Crippen LogP contribution in [0.3, 0.4) is 0 Å². The second-order valence-corrected chi connectivity index (χ2v) is 7.24. The zero-order chi connectivity index (χ0) is 20.1. The molecule has 1 aliphatic rings. The molecule has 0 spiro atoms. The van der Waals surface area contributed by atoms with Crippen molar-refractivity contribution in [2.45, 2.75) is 39.1 Å². The van der Waals surface area contributed by atoms with E-state index in [1.807, 2.05) is 49.1 Å². The first kappa shape index (κ1) is 20.3. The van der Waals surface area contributed by atoms with Crippen molar-refractivity contribution in [3.8, 4) is 5.75 Å². The van der Waals surface area contributed by atoms with Gasteiger partial charge in [-0.2, -0.15) is 0 Å². The van der Waals surface area contributed by atoms with E-state index in [9.17, 15) is 9.18 Å². The molecule has 1 saturated heterocycles. The summed E-state index contributed by atoms with van der Waals surface area (Å²) in [6, 6.07) is 12.5. The molecule has 2 aromatic carbocycles. The highest BCUT2D eigenvalue weighted by molar-refractivity contribution is 5.94. The topological polar surface area (TPSA) is 50.8 Å². The predicted molar refractivity (Wildman–Crippen MR) is 106 cm³/mol. The van der Waals surface area contributed by atoms with Gasteiger partial charge in [-0.3, -0.25) is 4.79 Å². The SMILES string of the molecule is COc1ccc(CNCc2ccc(C(=O)N3C[C@@H](C)O[C@@H](C)C3)cc2)cc1F. The van der Waals surface area contributed by atoms with Crippen LogP contribution in [-0.2, 0) is 17.8 Å². The quantitative estimate of drug-likeness (QED) is 0.827. The van der Waals surface area contributed by atoms with E-state index in [2.05, 4.69) is 5.32 Å². The minimum atomic E-state index is -0.364. The Balaban J connectivity index is 1.53. The molecule has 1 fully saturated rings. The first-order valence-corrected chi connectivity index (χ1v) is 9.53. The molecule has 0 aliphatic carbocycles. The van der Waals surface area contributed by atoms with E-state index < -0.39 is 0 Å². The van der Waals surface area contributed by atoms with Gasteiger partial charge in [0.05, 0.1) is 19.3 Å². The Bertz CT molecular complexity index is 800. The number of carbonyl (C=O) groups excluding carboxylic acids is 1. The van der Waals surface area contributed by atoms with Crippen molar-refractivity contribution in [3.63, 3.8) is 0 Å². The number of ether oxygens (including phenoxy) is 2. The van der Waals surface area contributed by atoms with Gasteiger partial charge in [-0.1, -0.05) is 18.2 Å². The monoisotopic (exact) mass is 386 g/mol. The maximum atomic E-state index is 13.7. The molecule has 0 radical (unpaired) electrons. The van der Waals surface area contributed by atoms with Crippen molar-refractivity contribution >= 4 is 5.91 Å². The molecule has 150 valence electrons. The average Bonchev–Trinajstić information content (AvgIpc) is 2.67. The van der Waals surface area contributed by atoms with Crippen LogP contribution in [0.15, 0.2) is 42.5 Å². The number of nitrogens with one attached hydrogen (secondary N) is 1. The lowest BCUT2D eigenvalue weighted by Gasteiger charge is -2.35. The lowest BCUT2D eigenvalue weighted by Crippen LogP contribution is -2.48. The van der Waals surface area contributed by atoms with E-state index in [-0.39, 0.29) is 29.7 Å². The molecule has 28 heavy (non-hydrogen) atoms. The third-order valence-corrected chi connectivity index (χ3v) is 4.78. The molecule has 1 amide bonds. The number of hydrogen-bond donors (Lipinski definition) is 1. The van der Waals surface area contributed by atoms with Crippen molar-refractivity contribution in [2.24, 2.45) is 0 Å². The highest BCUT2D eigenvalue weighted by Crippen LogP contribution is 2.18. The van der Waals surface area contributed by atoms with E-state index in [1.54, 1.807) is 6.07 Å². The van der Waals surface area contributed by atoms with Crippen molar-refractivity contribution < 1.29 is 18.7 Å². The summed E-state index contributed by atoms with van der Waals surface area (Å²) in [6.45, 7) is 6.38. The van der Waals surface area contributed by atoms with Gasteiger partial charge < -0.3 is 19.7 Å². The molecule has 0 unspecified atom stereocenters. The molecule has 0 aromatic heterocycles. The molecular formula is C22H27FN2O3. The summed E-state index contributed by atoms with van der Waals surface area (Å²) in [4.78, 5) is 14.5. The third-order valence-electron chi connectivity index (χ3n) is 4.78. The van der Waals surface area contributed by atoms with Crippen molar-refractivity contribution in [1.82, 2.24) is 10.2 Å². The van der Waals surface area contributed by atoms with Gasteiger partial charge in [-0.05, 0) is 49.2 Å². The lowest BCUT2D eigenvalue weighted by molar-refractivity contribution is -0.0586. The molecule has 0 bridgehead atoms. The van der Waals surface area contributed by atoms with Gasteiger partial charge in [0.25, 0.3) is 5.91 Å². The molecule has 2 aromatic rings. The summed E-state index contributed by atoms with van der Waals surface area (Å²) in [6.07, 6.45) is 0.109. The summed E-state index contributed by atoms with van der Waals surface area (Å²) in [5, 5.41) is 3.29. The van der Waals surface area contributed by atoms with E-state index in [0.29, 0.717) is 31.7 Å². The lowest BCUT2D eigenvalue weighted by atomic mass is 10.1. The minimum Gasteiger partial charge on any atom is -0.494 e. The van der Waals surface area contributed by atoms with Crippen LogP contribution in [0.5, 0.6) is 5.75 Å². The first-order valence-electron chi connectivity index (χ1n) is 9.53. The van der Waals surface area contributed by atoms with Gasteiger partial charge >= 0.3 is 0 Å². The number of hydrogen-bond acceptors (Lipinski definition) is 4. The first-order chi connectivity index (χ1) is 13.5. The smallest absolute Gasteiger partial charge is 0.254 e. The fraction of sp³-hybridized carbons (Fsp3) is 0.409. The maximum Gasteiger partial charge on any atom is 0.254 e. The molecule has 3 rings (SSSR count). The van der Waals surface area contributed by atoms with Crippen LogP contribution in [0, 0.1) is 5.82 Å². The number of morpholine rings is 1. The summed E-state index contributed by atoms with van der Waals surface area (Å²) in [5.41, 5.74) is 2.59. The summed E-state index contributed by atoms with van der Waals surface area (Å²) in [5.74, 6) is -0.0836. The molecule has 1 heterocycles.